The van der Waals surface area contributed by atoms with E-state index in [2.05, 4.69) is 227 Å². The Morgan fingerprint density at radius 1 is 0.271 bits per heavy atom. The Labute approximate surface area is 342 Å². The van der Waals surface area contributed by atoms with Crippen LogP contribution in [-0.2, 0) is 0 Å². The molecule has 0 unspecified atom stereocenters. The van der Waals surface area contributed by atoms with Crippen LogP contribution in [0.15, 0.2) is 188 Å². The molecule has 59 heavy (non-hydrogen) atoms. The topological polar surface area (TPSA) is 19.7 Å². The summed E-state index contributed by atoms with van der Waals surface area (Å²) in [6.45, 7) is 6.81. The molecule has 12 rings (SSSR count). The van der Waals surface area contributed by atoms with Crippen LogP contribution in [0.2, 0.25) is 0 Å². The second kappa shape index (κ2) is 12.7. The van der Waals surface area contributed by atoms with Gasteiger partial charge in [0.15, 0.2) is 0 Å². The minimum atomic E-state index is 1.13. The fourth-order valence-corrected chi connectivity index (χ4v) is 9.95. The third-order valence-electron chi connectivity index (χ3n) is 12.8. The van der Waals surface area contributed by atoms with E-state index in [0.717, 1.165) is 22.7 Å². The molecule has 0 saturated carbocycles. The first kappa shape index (κ1) is 33.6. The second-order valence-electron chi connectivity index (χ2n) is 15.9. The predicted octanol–water partition coefficient (Wildman–Crippen LogP) is 14.4. The summed E-state index contributed by atoms with van der Waals surface area (Å²) in [5, 5.41) is 7.63. The molecule has 4 aromatic heterocycles. The van der Waals surface area contributed by atoms with Gasteiger partial charge in [-0.25, -0.2) is 0 Å². The summed E-state index contributed by atoms with van der Waals surface area (Å²) in [7, 11) is 0. The maximum absolute atomic E-state index is 2.47. The van der Waals surface area contributed by atoms with Crippen molar-refractivity contribution in [3.63, 3.8) is 0 Å². The lowest BCUT2D eigenvalue weighted by atomic mass is 10.0. The molecular weight excluding hydrogens is 717 g/mol. The van der Waals surface area contributed by atoms with Crippen molar-refractivity contribution in [1.82, 2.24) is 18.3 Å². The minimum Gasteiger partial charge on any atom is -0.314 e. The molecule has 4 heterocycles. The number of para-hydroxylation sites is 4. The van der Waals surface area contributed by atoms with E-state index >= 15 is 0 Å². The van der Waals surface area contributed by atoms with E-state index in [4.69, 9.17) is 0 Å². The third kappa shape index (κ3) is 4.84. The molecule has 12 aromatic rings. The van der Waals surface area contributed by atoms with Gasteiger partial charge in [0.25, 0.3) is 0 Å². The molecule has 0 radical (unpaired) electrons. The quantitative estimate of drug-likeness (QED) is 0.167. The molecule has 0 amide bonds. The van der Waals surface area contributed by atoms with Gasteiger partial charge in [-0.1, -0.05) is 103 Å². The van der Waals surface area contributed by atoms with Gasteiger partial charge in [-0.05, 0) is 122 Å². The first-order valence-electron chi connectivity index (χ1n) is 20.5. The van der Waals surface area contributed by atoms with Crippen LogP contribution in [0.1, 0.15) is 16.8 Å². The summed E-state index contributed by atoms with van der Waals surface area (Å²) >= 11 is 0. The lowest BCUT2D eigenvalue weighted by Crippen LogP contribution is -2.00. The van der Waals surface area contributed by atoms with Gasteiger partial charge in [0.1, 0.15) is 0 Å². The number of benzene rings is 8. The molecule has 0 aliphatic heterocycles. The van der Waals surface area contributed by atoms with Gasteiger partial charge in [-0.2, -0.15) is 0 Å². The third-order valence-corrected chi connectivity index (χ3v) is 12.8. The molecule has 4 heteroatoms. The molecule has 8 aromatic carbocycles. The Morgan fingerprint density at radius 3 is 1.08 bits per heavy atom. The number of aryl methyl sites for hydroxylation is 2. The Morgan fingerprint density at radius 2 is 0.627 bits per heavy atom. The molecule has 280 valence electrons. The van der Waals surface area contributed by atoms with Crippen molar-refractivity contribution < 1.29 is 0 Å². The average molecular weight is 757 g/mol. The highest BCUT2D eigenvalue weighted by Gasteiger charge is 2.22. The number of hydrogen-bond acceptors (Lipinski definition) is 0. The van der Waals surface area contributed by atoms with Crippen molar-refractivity contribution in [1.29, 1.82) is 0 Å². The van der Waals surface area contributed by atoms with Gasteiger partial charge in [0.05, 0.1) is 38.8 Å². The highest BCUT2D eigenvalue weighted by molar-refractivity contribution is 6.10. The summed E-state index contributed by atoms with van der Waals surface area (Å²) < 4.78 is 9.69. The van der Waals surface area contributed by atoms with E-state index in [9.17, 15) is 0 Å². The van der Waals surface area contributed by atoms with Crippen LogP contribution in [0.3, 0.4) is 0 Å². The van der Waals surface area contributed by atoms with Crippen molar-refractivity contribution in [3.05, 3.63) is 205 Å². The zero-order valence-corrected chi connectivity index (χ0v) is 33.2. The van der Waals surface area contributed by atoms with E-state index < -0.39 is 0 Å². The molecule has 0 bridgehead atoms. The first-order chi connectivity index (χ1) is 29.0. The van der Waals surface area contributed by atoms with Gasteiger partial charge in [0, 0.05) is 60.8 Å². The smallest absolute Gasteiger partial charge is 0.0570 e. The number of rotatable bonds is 5. The van der Waals surface area contributed by atoms with Gasteiger partial charge in [-0.3, -0.25) is 0 Å². The lowest BCUT2D eigenvalue weighted by Gasteiger charge is -2.15. The van der Waals surface area contributed by atoms with E-state index in [1.165, 1.54) is 93.5 Å². The maximum atomic E-state index is 2.47. The molecule has 4 nitrogen and oxygen atoms in total. The number of fused-ring (bicyclic) bond motifs is 8. The fraction of sp³-hybridized carbons (Fsp3) is 0.0545. The van der Waals surface area contributed by atoms with Gasteiger partial charge in [0.2, 0.25) is 0 Å². The van der Waals surface area contributed by atoms with E-state index in [0.29, 0.717) is 0 Å². The van der Waals surface area contributed by atoms with Crippen molar-refractivity contribution in [2.75, 3.05) is 0 Å². The SMILES string of the molecule is Cc1c(C)n(-c2ccc(-n3c4ccccc4c4ccccc43)cc2)c2cc3c(cc12)c(C)c(-c1ccccc1)n3-c1ccc(-n2c3ccccc3c3ccccc32)cc1. The minimum absolute atomic E-state index is 1.13. The van der Waals surface area contributed by atoms with Gasteiger partial charge in [-0.15, -0.1) is 0 Å². The average Bonchev–Trinajstić information content (AvgIpc) is 3.98. The number of hydrogen-bond donors (Lipinski definition) is 0. The van der Waals surface area contributed by atoms with Gasteiger partial charge >= 0.3 is 0 Å². The first-order valence-corrected chi connectivity index (χ1v) is 20.5. The molecule has 0 saturated heterocycles. The van der Waals surface area contributed by atoms with E-state index in [1.807, 2.05) is 0 Å². The summed E-state index contributed by atoms with van der Waals surface area (Å²) in [4.78, 5) is 0. The normalized spacial score (nSPS) is 12.0. The van der Waals surface area contributed by atoms with E-state index in [1.54, 1.807) is 0 Å². The summed E-state index contributed by atoms with van der Waals surface area (Å²) in [5.74, 6) is 0. The molecule has 0 aliphatic carbocycles. The second-order valence-corrected chi connectivity index (χ2v) is 15.9. The van der Waals surface area contributed by atoms with Crippen molar-refractivity contribution >= 4 is 65.4 Å². The van der Waals surface area contributed by atoms with Crippen LogP contribution < -0.4 is 0 Å². The number of aromatic nitrogens is 4. The molecule has 0 aliphatic rings. The maximum Gasteiger partial charge on any atom is 0.0570 e. The zero-order valence-electron chi connectivity index (χ0n) is 33.2. The van der Waals surface area contributed by atoms with Crippen molar-refractivity contribution in [2.45, 2.75) is 20.8 Å². The molecule has 0 fully saturated rings. The Bertz CT molecular complexity index is 3500. The summed E-state index contributed by atoms with van der Waals surface area (Å²) in [5.41, 5.74) is 18.1. The Kier molecular flexibility index (Phi) is 7.24. The lowest BCUT2D eigenvalue weighted by molar-refractivity contribution is 1.03. The van der Waals surface area contributed by atoms with Crippen molar-refractivity contribution in [3.8, 4) is 34.0 Å². The highest BCUT2D eigenvalue weighted by atomic mass is 15.0. The predicted molar refractivity (Wildman–Crippen MR) is 248 cm³/mol. The van der Waals surface area contributed by atoms with Crippen molar-refractivity contribution in [2.24, 2.45) is 0 Å². The van der Waals surface area contributed by atoms with Crippen LogP contribution >= 0.6 is 0 Å². The van der Waals surface area contributed by atoms with Gasteiger partial charge < -0.3 is 18.3 Å². The highest BCUT2D eigenvalue weighted by Crippen LogP contribution is 2.41. The van der Waals surface area contributed by atoms with Crippen LogP contribution in [0.25, 0.3) is 99.4 Å². The number of nitrogens with zero attached hydrogens (tertiary/aromatic N) is 4. The summed E-state index contributed by atoms with van der Waals surface area (Å²) in [6, 6.07) is 68.8. The van der Waals surface area contributed by atoms with Crippen LogP contribution in [0.5, 0.6) is 0 Å². The van der Waals surface area contributed by atoms with Crippen LogP contribution in [-0.4, -0.2) is 18.3 Å². The monoisotopic (exact) mass is 756 g/mol. The molecule has 0 atom stereocenters. The largest absolute Gasteiger partial charge is 0.314 e. The molecule has 0 N–H and O–H groups in total. The Hall–Kier alpha value is -7.56. The van der Waals surface area contributed by atoms with Crippen LogP contribution in [0.4, 0.5) is 0 Å². The standard InChI is InChI=1S/C55H40N4/c1-35-37(3)56(39-25-27-40(28-26-39)57-49-21-11-7-17-43(49)44-18-8-12-22-50(44)57)53-34-54-48(33-47(35)53)36(2)55(38-15-5-4-6-16-38)59(54)42-31-29-41(30-32-42)58-51-23-13-9-19-45(51)46-20-10-14-24-52(46)58/h4-34H,1-3H3. The van der Waals surface area contributed by atoms with Crippen LogP contribution in [0, 0.1) is 20.8 Å². The van der Waals surface area contributed by atoms with E-state index in [-0.39, 0.29) is 0 Å². The molecular formula is C55H40N4. The zero-order chi connectivity index (χ0) is 39.4. The fourth-order valence-electron chi connectivity index (χ4n) is 9.95. The molecule has 0 spiro atoms. The summed E-state index contributed by atoms with van der Waals surface area (Å²) in [6.07, 6.45) is 0. The Balaban J connectivity index is 1.04.